The minimum absolute atomic E-state index is 0.0709. The molecule has 6 nitrogen and oxygen atoms in total. The summed E-state index contributed by atoms with van der Waals surface area (Å²) in [4.78, 5) is 23.4. The molecular weight excluding hydrogens is 336 g/mol. The first-order valence-electron chi connectivity index (χ1n) is 6.62. The molecule has 2 unspecified atom stereocenters. The predicted molar refractivity (Wildman–Crippen MR) is 83.3 cm³/mol. The highest BCUT2D eigenvalue weighted by molar-refractivity contribution is 9.10. The van der Waals surface area contributed by atoms with Gasteiger partial charge in [0.2, 0.25) is 11.8 Å². The first-order valence-corrected chi connectivity index (χ1v) is 7.41. The van der Waals surface area contributed by atoms with E-state index >= 15 is 0 Å². The fraction of sp³-hybridized carbons (Fsp3) is 0.357. The molecule has 0 bridgehead atoms. The summed E-state index contributed by atoms with van der Waals surface area (Å²) >= 11 is 3.39. The molecule has 21 heavy (non-hydrogen) atoms. The Hall–Kier alpha value is -1.73. The Labute approximate surface area is 131 Å². The van der Waals surface area contributed by atoms with Crippen molar-refractivity contribution in [1.82, 2.24) is 16.3 Å². The van der Waals surface area contributed by atoms with Crippen LogP contribution in [0.2, 0.25) is 0 Å². The van der Waals surface area contributed by atoms with Crippen LogP contribution in [0.1, 0.15) is 25.8 Å². The molecule has 2 amide bonds. The lowest BCUT2D eigenvalue weighted by Crippen LogP contribution is -2.30. The van der Waals surface area contributed by atoms with Crippen molar-refractivity contribution in [3.63, 3.8) is 0 Å². The number of benzene rings is 1. The number of carbonyl (C=O) groups excluding carboxylic acids is 2. The highest BCUT2D eigenvalue weighted by Crippen LogP contribution is 2.14. The van der Waals surface area contributed by atoms with Gasteiger partial charge in [0.15, 0.2) is 0 Å². The molecule has 0 saturated carbocycles. The summed E-state index contributed by atoms with van der Waals surface area (Å²) in [6.45, 7) is 3.67. The van der Waals surface area contributed by atoms with Crippen molar-refractivity contribution < 1.29 is 9.59 Å². The van der Waals surface area contributed by atoms with Crippen molar-refractivity contribution in [2.24, 2.45) is 11.0 Å². The van der Waals surface area contributed by atoms with Gasteiger partial charge in [-0.2, -0.15) is 5.10 Å². The fourth-order valence-electron chi connectivity index (χ4n) is 2.04. The third-order valence-corrected chi connectivity index (χ3v) is 3.85. The van der Waals surface area contributed by atoms with Gasteiger partial charge in [0, 0.05) is 16.9 Å². The molecule has 7 heteroatoms. The predicted octanol–water partition coefficient (Wildman–Crippen LogP) is 1.32. The van der Waals surface area contributed by atoms with E-state index in [-0.39, 0.29) is 30.2 Å². The Kier molecular flexibility index (Phi) is 5.08. The van der Waals surface area contributed by atoms with Crippen molar-refractivity contribution in [1.29, 1.82) is 0 Å². The maximum absolute atomic E-state index is 11.9. The zero-order chi connectivity index (χ0) is 15.4. The number of hydrazine groups is 1. The molecule has 2 atom stereocenters. The van der Waals surface area contributed by atoms with Gasteiger partial charge in [-0.1, -0.05) is 28.1 Å². The van der Waals surface area contributed by atoms with Crippen molar-refractivity contribution in [3.05, 3.63) is 34.3 Å². The highest BCUT2D eigenvalue weighted by Gasteiger charge is 2.32. The van der Waals surface area contributed by atoms with Gasteiger partial charge < -0.3 is 0 Å². The quantitative estimate of drug-likeness (QED) is 0.564. The molecule has 0 spiro atoms. The van der Waals surface area contributed by atoms with Crippen LogP contribution in [0.4, 0.5) is 0 Å². The van der Waals surface area contributed by atoms with Gasteiger partial charge in [-0.05, 0) is 31.5 Å². The number of hydrogen-bond donors (Lipinski definition) is 3. The third kappa shape index (κ3) is 4.12. The van der Waals surface area contributed by atoms with Crippen LogP contribution >= 0.6 is 15.9 Å². The molecule has 0 radical (unpaired) electrons. The van der Waals surface area contributed by atoms with Crippen LogP contribution in [0, 0.1) is 5.92 Å². The molecule has 1 heterocycles. The van der Waals surface area contributed by atoms with Gasteiger partial charge in [0.25, 0.3) is 0 Å². The standard InChI is InChI=1S/C14H17BrN4O2/c1-8(10-4-3-5-11(15)6-10)16-18-13(20)7-12-9(2)17-19-14(12)21/h3-6,9,12,17H,7H2,1-2H3,(H,18,20)(H,19,21)/b16-8+. The number of halogens is 1. The number of nitrogens with one attached hydrogen (secondary N) is 3. The molecule has 3 N–H and O–H groups in total. The molecule has 1 aromatic carbocycles. The minimum Gasteiger partial charge on any atom is -0.291 e. The van der Waals surface area contributed by atoms with Crippen LogP contribution in [0.3, 0.4) is 0 Å². The van der Waals surface area contributed by atoms with Gasteiger partial charge in [-0.25, -0.2) is 10.9 Å². The average molecular weight is 353 g/mol. The number of carbonyl (C=O) groups is 2. The van der Waals surface area contributed by atoms with Crippen LogP contribution in [0.25, 0.3) is 0 Å². The second-order valence-electron chi connectivity index (χ2n) is 4.98. The van der Waals surface area contributed by atoms with Crippen LogP contribution in [0.15, 0.2) is 33.8 Å². The van der Waals surface area contributed by atoms with E-state index in [0.717, 1.165) is 10.0 Å². The van der Waals surface area contributed by atoms with Crippen LogP contribution in [-0.2, 0) is 9.59 Å². The van der Waals surface area contributed by atoms with Gasteiger partial charge in [-0.15, -0.1) is 0 Å². The summed E-state index contributed by atoms with van der Waals surface area (Å²) in [6, 6.07) is 7.57. The summed E-state index contributed by atoms with van der Waals surface area (Å²) in [6.07, 6.45) is 0.106. The van der Waals surface area contributed by atoms with Crippen molar-refractivity contribution >= 4 is 33.5 Å². The monoisotopic (exact) mass is 352 g/mol. The molecule has 1 aliphatic rings. The molecule has 2 rings (SSSR count). The Morgan fingerprint density at radius 1 is 1.48 bits per heavy atom. The number of rotatable bonds is 4. The van der Waals surface area contributed by atoms with E-state index in [4.69, 9.17) is 0 Å². The molecule has 1 fully saturated rings. The highest BCUT2D eigenvalue weighted by atomic mass is 79.9. The summed E-state index contributed by atoms with van der Waals surface area (Å²) < 4.78 is 0.948. The molecular formula is C14H17BrN4O2. The first-order chi connectivity index (χ1) is 9.97. The van der Waals surface area contributed by atoms with Crippen molar-refractivity contribution in [2.45, 2.75) is 26.3 Å². The fourth-order valence-corrected chi connectivity index (χ4v) is 2.44. The largest absolute Gasteiger partial charge is 0.291 e. The lowest BCUT2D eigenvalue weighted by molar-refractivity contribution is -0.128. The second-order valence-corrected chi connectivity index (χ2v) is 5.89. The smallest absolute Gasteiger partial charge is 0.240 e. The maximum atomic E-state index is 11.9. The molecule has 0 aliphatic carbocycles. The average Bonchev–Trinajstić information content (AvgIpc) is 2.76. The van der Waals surface area contributed by atoms with Gasteiger partial charge in [-0.3, -0.25) is 15.0 Å². The number of nitrogens with zero attached hydrogens (tertiary/aromatic N) is 1. The van der Waals surface area contributed by atoms with Crippen LogP contribution in [0.5, 0.6) is 0 Å². The number of hydrazone groups is 1. The molecule has 112 valence electrons. The Morgan fingerprint density at radius 2 is 2.24 bits per heavy atom. The van der Waals surface area contributed by atoms with Crippen LogP contribution in [-0.4, -0.2) is 23.6 Å². The molecule has 0 aromatic heterocycles. The topological polar surface area (TPSA) is 82.6 Å². The van der Waals surface area contributed by atoms with E-state index in [1.54, 1.807) is 0 Å². The van der Waals surface area contributed by atoms with Crippen molar-refractivity contribution in [3.8, 4) is 0 Å². The number of hydrogen-bond acceptors (Lipinski definition) is 4. The van der Waals surface area contributed by atoms with Gasteiger partial charge >= 0.3 is 0 Å². The second kappa shape index (κ2) is 6.82. The van der Waals surface area contributed by atoms with Gasteiger partial charge in [0.05, 0.1) is 11.6 Å². The zero-order valence-corrected chi connectivity index (χ0v) is 13.4. The summed E-state index contributed by atoms with van der Waals surface area (Å²) in [5.74, 6) is -0.809. The van der Waals surface area contributed by atoms with E-state index in [0.29, 0.717) is 5.71 Å². The summed E-state index contributed by atoms with van der Waals surface area (Å²) in [5.41, 5.74) is 9.42. The van der Waals surface area contributed by atoms with E-state index in [2.05, 4.69) is 37.3 Å². The van der Waals surface area contributed by atoms with E-state index in [1.807, 2.05) is 38.1 Å². The summed E-state index contributed by atoms with van der Waals surface area (Å²) in [5, 5.41) is 4.07. The van der Waals surface area contributed by atoms with E-state index in [9.17, 15) is 9.59 Å². The molecule has 1 saturated heterocycles. The van der Waals surface area contributed by atoms with E-state index in [1.165, 1.54) is 0 Å². The Morgan fingerprint density at radius 3 is 2.86 bits per heavy atom. The van der Waals surface area contributed by atoms with E-state index < -0.39 is 0 Å². The maximum Gasteiger partial charge on any atom is 0.240 e. The third-order valence-electron chi connectivity index (χ3n) is 3.36. The number of amides is 2. The first kappa shape index (κ1) is 15.7. The normalized spacial score (nSPS) is 22.0. The lowest BCUT2D eigenvalue weighted by Gasteiger charge is -2.10. The summed E-state index contributed by atoms with van der Waals surface area (Å²) in [7, 11) is 0. The SMILES string of the molecule is C/C(=N\NC(=O)CC1C(=O)NNC1C)c1cccc(Br)c1. The zero-order valence-electron chi connectivity index (χ0n) is 11.8. The van der Waals surface area contributed by atoms with Crippen LogP contribution < -0.4 is 16.3 Å². The molecule has 1 aromatic rings. The Bertz CT molecular complexity index is 588. The lowest BCUT2D eigenvalue weighted by atomic mass is 9.99. The van der Waals surface area contributed by atoms with Crippen molar-refractivity contribution in [2.75, 3.05) is 0 Å². The minimum atomic E-state index is -0.369. The molecule has 1 aliphatic heterocycles. The van der Waals surface area contributed by atoms with Gasteiger partial charge in [0.1, 0.15) is 0 Å². The Balaban J connectivity index is 1.94.